The van der Waals surface area contributed by atoms with E-state index in [-0.39, 0.29) is 58.0 Å². The van der Waals surface area contributed by atoms with Crippen LogP contribution in [0, 0.1) is 45.3 Å². The van der Waals surface area contributed by atoms with Crippen molar-refractivity contribution in [1.82, 2.24) is 0 Å². The molecular formula is C34H56O7. The molecule has 5 aliphatic rings. The van der Waals surface area contributed by atoms with E-state index in [9.17, 15) is 15.0 Å². The van der Waals surface area contributed by atoms with Crippen molar-refractivity contribution in [3.63, 3.8) is 0 Å². The Bertz CT molecular complexity index is 1050. The van der Waals surface area contributed by atoms with Crippen LogP contribution < -0.4 is 0 Å². The van der Waals surface area contributed by atoms with Crippen molar-refractivity contribution in [3.8, 4) is 0 Å². The molecule has 0 aromatic heterocycles. The maximum Gasteiger partial charge on any atom is 0.302 e. The van der Waals surface area contributed by atoms with Crippen LogP contribution in [0.2, 0.25) is 0 Å². The molecule has 1 saturated heterocycles. The van der Waals surface area contributed by atoms with Crippen LogP contribution in [-0.4, -0.2) is 66.7 Å². The van der Waals surface area contributed by atoms with Gasteiger partial charge in [-0.05, 0) is 87.4 Å². The van der Waals surface area contributed by atoms with E-state index in [1.54, 1.807) is 14.2 Å². The van der Waals surface area contributed by atoms with Gasteiger partial charge < -0.3 is 29.2 Å². The van der Waals surface area contributed by atoms with Crippen LogP contribution in [0.5, 0.6) is 0 Å². The molecule has 12 atom stereocenters. The summed E-state index contributed by atoms with van der Waals surface area (Å²) in [5.74, 6) is 0.880. The van der Waals surface area contributed by atoms with Crippen LogP contribution in [0.25, 0.3) is 0 Å². The Kier molecular flexibility index (Phi) is 7.89. The SMILES string of the molecule is CO[C@@H]1O[C@@H]([C@H](O)C(C)(C)OC)C[C@H]1[C@H]1CC=C2[C@]3(C)[C@H](O)C[C@H]4C(C)(C)[C@H](OC(C)=O)CC[C@]4(C)[C@H]3CC[C@]21C. The zero-order valence-electron chi connectivity index (χ0n) is 27.2. The second kappa shape index (κ2) is 10.3. The molecule has 4 aliphatic carbocycles. The van der Waals surface area contributed by atoms with E-state index < -0.39 is 17.8 Å². The lowest BCUT2D eigenvalue weighted by Crippen LogP contribution is -2.65. The van der Waals surface area contributed by atoms with Crippen molar-refractivity contribution in [3.05, 3.63) is 11.6 Å². The number of fused-ring (bicyclic) bond motifs is 5. The van der Waals surface area contributed by atoms with E-state index in [4.69, 9.17) is 18.9 Å². The average molecular weight is 577 g/mol. The minimum Gasteiger partial charge on any atom is -0.462 e. The third-order valence-electron chi connectivity index (χ3n) is 13.5. The van der Waals surface area contributed by atoms with Crippen molar-refractivity contribution in [1.29, 1.82) is 0 Å². The van der Waals surface area contributed by atoms with Gasteiger partial charge in [0.15, 0.2) is 6.29 Å². The monoisotopic (exact) mass is 576 g/mol. The minimum absolute atomic E-state index is 0.0564. The summed E-state index contributed by atoms with van der Waals surface area (Å²) in [6.07, 6.45) is 6.79. The highest BCUT2D eigenvalue weighted by Crippen LogP contribution is 2.73. The number of aliphatic hydroxyl groups is 2. The second-order valence-corrected chi connectivity index (χ2v) is 16.0. The van der Waals surface area contributed by atoms with Crippen LogP contribution in [0.3, 0.4) is 0 Å². The molecule has 1 heterocycles. The molecule has 0 aromatic rings. The minimum atomic E-state index is -0.757. The Balaban J connectivity index is 1.43. The zero-order valence-corrected chi connectivity index (χ0v) is 27.2. The first-order valence-electron chi connectivity index (χ1n) is 16.0. The number of carbonyl (C=O) groups is 1. The number of ether oxygens (including phenoxy) is 4. The Hall–Kier alpha value is -0.990. The van der Waals surface area contributed by atoms with Crippen LogP contribution in [0.1, 0.15) is 100 Å². The molecule has 0 unspecified atom stereocenters. The van der Waals surface area contributed by atoms with Crippen molar-refractivity contribution < 1.29 is 34.0 Å². The summed E-state index contributed by atoms with van der Waals surface area (Å²) in [4.78, 5) is 11.9. The number of hydrogen-bond donors (Lipinski definition) is 2. The highest BCUT2D eigenvalue weighted by molar-refractivity contribution is 5.66. The highest BCUT2D eigenvalue weighted by Gasteiger charge is 2.69. The Morgan fingerprint density at radius 2 is 1.76 bits per heavy atom. The van der Waals surface area contributed by atoms with Gasteiger partial charge in [0.05, 0.1) is 17.8 Å². The summed E-state index contributed by atoms with van der Waals surface area (Å²) in [6.45, 7) is 17.0. The highest BCUT2D eigenvalue weighted by atomic mass is 16.7. The number of hydrogen-bond acceptors (Lipinski definition) is 7. The van der Waals surface area contributed by atoms with Gasteiger partial charge in [0.25, 0.3) is 0 Å². The largest absolute Gasteiger partial charge is 0.462 e. The van der Waals surface area contributed by atoms with E-state index in [0.717, 1.165) is 44.9 Å². The smallest absolute Gasteiger partial charge is 0.302 e. The summed E-state index contributed by atoms with van der Waals surface area (Å²) in [7, 11) is 3.33. The van der Waals surface area contributed by atoms with Crippen molar-refractivity contribution in [2.24, 2.45) is 45.3 Å². The van der Waals surface area contributed by atoms with Crippen LogP contribution in [-0.2, 0) is 23.7 Å². The predicted molar refractivity (Wildman–Crippen MR) is 157 cm³/mol. The predicted octanol–water partition coefficient (Wildman–Crippen LogP) is 5.66. The van der Waals surface area contributed by atoms with Gasteiger partial charge in [0.1, 0.15) is 12.2 Å². The van der Waals surface area contributed by atoms with Gasteiger partial charge in [-0.1, -0.05) is 46.3 Å². The third kappa shape index (κ3) is 4.50. The van der Waals surface area contributed by atoms with E-state index in [2.05, 4.69) is 40.7 Å². The number of methoxy groups -OCH3 is 2. The maximum atomic E-state index is 12.1. The molecule has 0 aromatic carbocycles. The van der Waals surface area contributed by atoms with Gasteiger partial charge in [0, 0.05) is 37.9 Å². The molecule has 234 valence electrons. The number of allylic oxidation sites excluding steroid dienone is 1. The van der Waals surface area contributed by atoms with Crippen LogP contribution >= 0.6 is 0 Å². The molecule has 2 N–H and O–H groups in total. The van der Waals surface area contributed by atoms with Crippen molar-refractivity contribution in [2.75, 3.05) is 14.2 Å². The van der Waals surface area contributed by atoms with Crippen LogP contribution in [0.15, 0.2) is 11.6 Å². The lowest BCUT2D eigenvalue weighted by molar-refractivity contribution is -0.221. The van der Waals surface area contributed by atoms with Gasteiger partial charge in [-0.2, -0.15) is 0 Å². The molecule has 7 nitrogen and oxygen atoms in total. The fourth-order valence-electron chi connectivity index (χ4n) is 11.1. The zero-order chi connectivity index (χ0) is 30.3. The van der Waals surface area contributed by atoms with Gasteiger partial charge in [-0.3, -0.25) is 4.79 Å². The standard InChI is InChI=1S/C34H56O7/c1-19(35)40-27-14-16-33(7)24-13-15-32(6)21(20-17-22(41-29(20)38-9)28(37)31(4,5)39-10)11-12-23(32)34(24,8)26(36)18-25(33)30(27,2)3/h12,20-22,24-29,36-37H,11,13-18H2,1-10H3/t20-,21+,22+,24+,25-,26+,27+,28-,29+,32-,33+,34-/m0/s1. The molecule has 5 rings (SSSR count). The normalized spacial score (nSPS) is 48.0. The lowest BCUT2D eigenvalue weighted by atomic mass is 9.37. The number of rotatable bonds is 6. The topological polar surface area (TPSA) is 94.5 Å². The molecular weight excluding hydrogens is 520 g/mol. The van der Waals surface area contributed by atoms with E-state index in [1.807, 2.05) is 13.8 Å². The molecule has 7 heteroatoms. The third-order valence-corrected chi connectivity index (χ3v) is 13.5. The quantitative estimate of drug-likeness (QED) is 0.311. The van der Waals surface area contributed by atoms with Gasteiger partial charge >= 0.3 is 5.97 Å². The summed E-state index contributed by atoms with van der Waals surface area (Å²) in [5, 5.41) is 23.3. The average Bonchev–Trinajstić information content (AvgIpc) is 3.48. The molecule has 0 amide bonds. The summed E-state index contributed by atoms with van der Waals surface area (Å²) < 4.78 is 23.7. The van der Waals surface area contributed by atoms with E-state index in [1.165, 1.54) is 12.5 Å². The van der Waals surface area contributed by atoms with Crippen LogP contribution in [0.4, 0.5) is 0 Å². The second-order valence-electron chi connectivity index (χ2n) is 16.0. The van der Waals surface area contributed by atoms with Gasteiger partial charge in [0.2, 0.25) is 0 Å². The molecule has 0 radical (unpaired) electrons. The first-order valence-corrected chi connectivity index (χ1v) is 16.0. The number of aliphatic hydroxyl groups excluding tert-OH is 2. The molecule has 0 spiro atoms. The molecule has 1 aliphatic heterocycles. The first-order chi connectivity index (χ1) is 19.0. The molecule has 3 saturated carbocycles. The molecule has 4 fully saturated rings. The summed E-state index contributed by atoms with van der Waals surface area (Å²) in [6, 6.07) is 0. The molecule has 0 bridgehead atoms. The maximum absolute atomic E-state index is 12.1. The fraction of sp³-hybridized carbons (Fsp3) is 0.912. The van der Waals surface area contributed by atoms with Crippen molar-refractivity contribution in [2.45, 2.75) is 137 Å². The Morgan fingerprint density at radius 1 is 1.07 bits per heavy atom. The first kappa shape index (κ1) is 31.4. The molecule has 41 heavy (non-hydrogen) atoms. The number of esters is 1. The van der Waals surface area contributed by atoms with Gasteiger partial charge in [-0.15, -0.1) is 0 Å². The number of carbonyl (C=O) groups excluding carboxylic acids is 1. The lowest BCUT2D eigenvalue weighted by Gasteiger charge is -2.68. The summed E-state index contributed by atoms with van der Waals surface area (Å²) in [5.41, 5.74) is 0.188. The Morgan fingerprint density at radius 3 is 2.37 bits per heavy atom. The fourth-order valence-corrected chi connectivity index (χ4v) is 11.1. The van der Waals surface area contributed by atoms with E-state index in [0.29, 0.717) is 11.8 Å². The van der Waals surface area contributed by atoms with Gasteiger partial charge in [-0.25, -0.2) is 0 Å². The summed E-state index contributed by atoms with van der Waals surface area (Å²) >= 11 is 0. The van der Waals surface area contributed by atoms with E-state index >= 15 is 0 Å². The van der Waals surface area contributed by atoms with Crippen molar-refractivity contribution >= 4 is 5.97 Å². The Labute approximate surface area is 247 Å².